The molecular weight excluding hydrogens is 274 g/mol. The summed E-state index contributed by atoms with van der Waals surface area (Å²) in [6.45, 7) is 4.31. The minimum absolute atomic E-state index is 0.269. The maximum absolute atomic E-state index is 10.2. The van der Waals surface area contributed by atoms with Crippen molar-refractivity contribution in [2.75, 3.05) is 19.6 Å². The molecule has 2 fully saturated rings. The van der Waals surface area contributed by atoms with E-state index in [0.29, 0.717) is 6.54 Å². The van der Waals surface area contributed by atoms with Crippen molar-refractivity contribution in [2.45, 2.75) is 50.0 Å². The van der Waals surface area contributed by atoms with Crippen LogP contribution >= 0.6 is 0 Å². The van der Waals surface area contributed by atoms with Gasteiger partial charge in [-0.1, -0.05) is 30.3 Å². The number of nitrogens with one attached hydrogen (secondary N) is 2. The molecule has 3 rings (SSSR count). The molecule has 22 heavy (non-hydrogen) atoms. The van der Waals surface area contributed by atoms with Crippen LogP contribution in [0.15, 0.2) is 35.3 Å². The summed E-state index contributed by atoms with van der Waals surface area (Å²) in [6, 6.07) is 10.7. The Morgan fingerprint density at radius 3 is 2.41 bits per heavy atom. The van der Waals surface area contributed by atoms with E-state index in [-0.39, 0.29) is 5.41 Å². The SMILES string of the molecule is CCNC(=NCC1(O)CCC1)NCC1(c2ccccc2)CC1. The molecule has 0 unspecified atom stereocenters. The molecule has 0 amide bonds. The van der Waals surface area contributed by atoms with E-state index in [1.807, 2.05) is 0 Å². The van der Waals surface area contributed by atoms with E-state index < -0.39 is 5.60 Å². The molecule has 0 aromatic heterocycles. The van der Waals surface area contributed by atoms with Crippen LogP contribution in [0.25, 0.3) is 0 Å². The highest BCUT2D eigenvalue weighted by Crippen LogP contribution is 2.47. The number of nitrogens with zero attached hydrogens (tertiary/aromatic N) is 1. The first-order chi connectivity index (χ1) is 10.7. The van der Waals surface area contributed by atoms with Gasteiger partial charge in [-0.15, -0.1) is 0 Å². The molecule has 0 radical (unpaired) electrons. The smallest absolute Gasteiger partial charge is 0.191 e. The molecule has 120 valence electrons. The maximum Gasteiger partial charge on any atom is 0.191 e. The van der Waals surface area contributed by atoms with E-state index in [2.05, 4.69) is 52.9 Å². The number of hydrogen-bond acceptors (Lipinski definition) is 2. The van der Waals surface area contributed by atoms with Crippen LogP contribution in [0.1, 0.15) is 44.6 Å². The van der Waals surface area contributed by atoms with Gasteiger partial charge in [0.1, 0.15) is 0 Å². The van der Waals surface area contributed by atoms with Gasteiger partial charge >= 0.3 is 0 Å². The molecule has 1 aromatic carbocycles. The molecule has 4 nitrogen and oxygen atoms in total. The van der Waals surface area contributed by atoms with Crippen LogP contribution in [0.2, 0.25) is 0 Å². The van der Waals surface area contributed by atoms with Gasteiger partial charge in [-0.05, 0) is 44.6 Å². The van der Waals surface area contributed by atoms with Gasteiger partial charge in [0.15, 0.2) is 5.96 Å². The number of aliphatic imine (C=N–C) groups is 1. The summed E-state index contributed by atoms with van der Waals surface area (Å²) in [4.78, 5) is 4.58. The molecule has 0 bridgehead atoms. The monoisotopic (exact) mass is 301 g/mol. The maximum atomic E-state index is 10.2. The van der Waals surface area contributed by atoms with Gasteiger partial charge in [-0.25, -0.2) is 0 Å². The average molecular weight is 301 g/mol. The molecule has 2 aliphatic rings. The standard InChI is InChI=1S/C18H27N3O/c1-2-19-16(21-14-18(22)9-6-10-18)20-13-17(11-12-17)15-7-4-3-5-8-15/h3-5,7-8,22H,2,6,9-14H2,1H3,(H2,19,20,21). The topological polar surface area (TPSA) is 56.7 Å². The second kappa shape index (κ2) is 6.29. The fourth-order valence-electron chi connectivity index (χ4n) is 3.07. The Morgan fingerprint density at radius 1 is 1.14 bits per heavy atom. The third-order valence-corrected chi connectivity index (χ3v) is 4.99. The molecular formula is C18H27N3O. The highest BCUT2D eigenvalue weighted by molar-refractivity contribution is 5.80. The van der Waals surface area contributed by atoms with Crippen LogP contribution in [-0.4, -0.2) is 36.3 Å². The lowest BCUT2D eigenvalue weighted by Crippen LogP contribution is -2.44. The molecule has 3 N–H and O–H groups in total. The van der Waals surface area contributed by atoms with Crippen molar-refractivity contribution in [3.8, 4) is 0 Å². The summed E-state index contributed by atoms with van der Waals surface area (Å²) in [5.41, 5.74) is 1.13. The van der Waals surface area contributed by atoms with Crippen LogP contribution in [0.3, 0.4) is 0 Å². The summed E-state index contributed by atoms with van der Waals surface area (Å²) in [6.07, 6.45) is 5.33. The molecule has 2 saturated carbocycles. The van der Waals surface area contributed by atoms with Gasteiger partial charge in [-0.3, -0.25) is 4.99 Å². The zero-order chi connectivity index (χ0) is 15.5. The predicted molar refractivity (Wildman–Crippen MR) is 90.1 cm³/mol. The minimum Gasteiger partial charge on any atom is -0.388 e. The van der Waals surface area contributed by atoms with Gasteiger partial charge < -0.3 is 15.7 Å². The normalized spacial score (nSPS) is 21.8. The zero-order valence-corrected chi connectivity index (χ0v) is 13.4. The quantitative estimate of drug-likeness (QED) is 0.558. The number of benzene rings is 1. The zero-order valence-electron chi connectivity index (χ0n) is 13.4. The van der Waals surface area contributed by atoms with Crippen LogP contribution in [0.4, 0.5) is 0 Å². The van der Waals surface area contributed by atoms with Crippen LogP contribution in [-0.2, 0) is 5.41 Å². The van der Waals surface area contributed by atoms with Crippen molar-refractivity contribution in [3.63, 3.8) is 0 Å². The Labute approximate surface area is 133 Å². The lowest BCUT2D eigenvalue weighted by molar-refractivity contribution is -0.0236. The third kappa shape index (κ3) is 3.43. The van der Waals surface area contributed by atoms with E-state index in [0.717, 1.165) is 38.3 Å². The summed E-state index contributed by atoms with van der Waals surface area (Å²) in [5, 5.41) is 16.9. The largest absolute Gasteiger partial charge is 0.388 e. The van der Waals surface area contributed by atoms with E-state index in [4.69, 9.17) is 0 Å². The first-order valence-electron chi connectivity index (χ1n) is 8.46. The first-order valence-corrected chi connectivity index (χ1v) is 8.46. The highest BCUT2D eigenvalue weighted by Gasteiger charge is 2.44. The van der Waals surface area contributed by atoms with Gasteiger partial charge in [0, 0.05) is 18.5 Å². The van der Waals surface area contributed by atoms with Crippen molar-refractivity contribution < 1.29 is 5.11 Å². The van der Waals surface area contributed by atoms with Crippen molar-refractivity contribution >= 4 is 5.96 Å². The van der Waals surface area contributed by atoms with Gasteiger partial charge in [0.25, 0.3) is 0 Å². The second-order valence-electron chi connectivity index (χ2n) is 6.77. The summed E-state index contributed by atoms with van der Waals surface area (Å²) in [7, 11) is 0. The second-order valence-corrected chi connectivity index (χ2v) is 6.77. The van der Waals surface area contributed by atoms with Crippen molar-refractivity contribution in [2.24, 2.45) is 4.99 Å². The van der Waals surface area contributed by atoms with Crippen LogP contribution in [0.5, 0.6) is 0 Å². The lowest BCUT2D eigenvalue weighted by atomic mass is 9.80. The fraction of sp³-hybridized carbons (Fsp3) is 0.611. The van der Waals surface area contributed by atoms with Crippen molar-refractivity contribution in [1.29, 1.82) is 0 Å². The Kier molecular flexibility index (Phi) is 4.39. The Balaban J connectivity index is 1.58. The van der Waals surface area contributed by atoms with Gasteiger partial charge in [0.2, 0.25) is 0 Å². The predicted octanol–water partition coefficient (Wildman–Crippen LogP) is 2.19. The molecule has 0 atom stereocenters. The average Bonchev–Trinajstić information content (AvgIpc) is 3.30. The van der Waals surface area contributed by atoms with Crippen molar-refractivity contribution in [3.05, 3.63) is 35.9 Å². The van der Waals surface area contributed by atoms with Gasteiger partial charge in [-0.2, -0.15) is 0 Å². The molecule has 1 aromatic rings. The Hall–Kier alpha value is -1.55. The molecule has 0 spiro atoms. The van der Waals surface area contributed by atoms with Gasteiger partial charge in [0.05, 0.1) is 12.1 Å². The molecule has 2 aliphatic carbocycles. The number of guanidine groups is 1. The number of hydrogen-bond donors (Lipinski definition) is 3. The van der Waals surface area contributed by atoms with Crippen molar-refractivity contribution in [1.82, 2.24) is 10.6 Å². The molecule has 0 aliphatic heterocycles. The summed E-state index contributed by atoms with van der Waals surface area (Å²) >= 11 is 0. The van der Waals surface area contributed by atoms with Crippen LogP contribution < -0.4 is 10.6 Å². The summed E-state index contributed by atoms with van der Waals surface area (Å²) < 4.78 is 0. The van der Waals surface area contributed by atoms with E-state index in [1.165, 1.54) is 18.4 Å². The minimum atomic E-state index is -0.556. The van der Waals surface area contributed by atoms with Crippen LogP contribution in [0, 0.1) is 0 Å². The first kappa shape index (κ1) is 15.3. The Morgan fingerprint density at radius 2 is 1.86 bits per heavy atom. The van der Waals surface area contributed by atoms with E-state index in [9.17, 15) is 5.11 Å². The van der Waals surface area contributed by atoms with E-state index >= 15 is 0 Å². The lowest BCUT2D eigenvalue weighted by Gasteiger charge is -2.35. The fourth-order valence-corrected chi connectivity index (χ4v) is 3.07. The Bertz CT molecular complexity index is 518. The third-order valence-electron chi connectivity index (χ3n) is 4.99. The van der Waals surface area contributed by atoms with E-state index in [1.54, 1.807) is 0 Å². The summed E-state index contributed by atoms with van der Waals surface area (Å²) in [5.74, 6) is 0.824. The number of rotatable bonds is 6. The number of aliphatic hydroxyl groups is 1. The molecule has 0 saturated heterocycles. The molecule has 4 heteroatoms. The molecule has 0 heterocycles. The highest BCUT2D eigenvalue weighted by atomic mass is 16.3.